The second-order valence-corrected chi connectivity index (χ2v) is 7.91. The monoisotopic (exact) mass is 361 g/mol. The summed E-state index contributed by atoms with van der Waals surface area (Å²) in [5.41, 5.74) is 7.35. The number of nitrogens with two attached hydrogens (primary N) is 1. The number of nitrogens with one attached hydrogen (secondary N) is 1. The fourth-order valence-corrected chi connectivity index (χ4v) is 5.20. The fraction of sp³-hybridized carbons (Fsp3) is 0.188. The molecule has 0 aromatic heterocycles. The number of amides is 1. The van der Waals surface area contributed by atoms with Gasteiger partial charge in [-0.1, -0.05) is 12.1 Å². The topological polar surface area (TPSA) is 98.3 Å². The van der Waals surface area contributed by atoms with Crippen molar-refractivity contribution in [3.63, 3.8) is 0 Å². The number of nitrogens with zero attached hydrogens (tertiary/aromatic N) is 1. The van der Waals surface area contributed by atoms with Crippen LogP contribution in [0.5, 0.6) is 0 Å². The van der Waals surface area contributed by atoms with E-state index in [-0.39, 0.29) is 16.9 Å². The predicted molar refractivity (Wildman–Crippen MR) is 99.6 cm³/mol. The number of anilines is 2. The van der Waals surface area contributed by atoms with E-state index in [1.807, 2.05) is 41.7 Å². The van der Waals surface area contributed by atoms with Gasteiger partial charge in [0.15, 0.2) is 0 Å². The van der Waals surface area contributed by atoms with E-state index in [1.165, 1.54) is 18.2 Å². The standard InChI is InChI=1S/C16H15N3O3S2/c17-13-5-4-10(9-14(13)19(21)22)15(20)18-12-3-1-2-11(8-12)16-23-6-7-24-16/h1-5,8-9,16H,6-7,17H2,(H,18,20). The van der Waals surface area contributed by atoms with E-state index in [4.69, 9.17) is 5.73 Å². The lowest BCUT2D eigenvalue weighted by atomic mass is 10.1. The van der Waals surface area contributed by atoms with Crippen LogP contribution in [0.15, 0.2) is 42.5 Å². The molecule has 0 spiro atoms. The number of hydrogen-bond donors (Lipinski definition) is 2. The molecule has 1 aliphatic rings. The Morgan fingerprint density at radius 2 is 1.96 bits per heavy atom. The summed E-state index contributed by atoms with van der Waals surface area (Å²) in [5, 5.41) is 13.7. The second-order valence-electron chi connectivity index (χ2n) is 5.18. The van der Waals surface area contributed by atoms with Gasteiger partial charge in [0.05, 0.1) is 9.51 Å². The largest absolute Gasteiger partial charge is 0.393 e. The van der Waals surface area contributed by atoms with Gasteiger partial charge in [-0.15, -0.1) is 23.5 Å². The number of carbonyl (C=O) groups is 1. The quantitative estimate of drug-likeness (QED) is 0.487. The minimum Gasteiger partial charge on any atom is -0.393 e. The zero-order chi connectivity index (χ0) is 17.1. The number of benzene rings is 2. The van der Waals surface area contributed by atoms with E-state index in [9.17, 15) is 14.9 Å². The summed E-state index contributed by atoms with van der Waals surface area (Å²) in [7, 11) is 0. The van der Waals surface area contributed by atoms with Crippen LogP contribution in [0.25, 0.3) is 0 Å². The van der Waals surface area contributed by atoms with Gasteiger partial charge in [0.1, 0.15) is 5.69 Å². The van der Waals surface area contributed by atoms with E-state index in [0.717, 1.165) is 17.1 Å². The van der Waals surface area contributed by atoms with Crippen LogP contribution in [0.4, 0.5) is 17.1 Å². The van der Waals surface area contributed by atoms with Crippen LogP contribution in [0.1, 0.15) is 20.5 Å². The first-order chi connectivity index (χ1) is 11.5. The van der Waals surface area contributed by atoms with Gasteiger partial charge in [-0.25, -0.2) is 0 Å². The molecule has 0 saturated carbocycles. The number of carbonyl (C=O) groups excluding carboxylic acids is 1. The first kappa shape index (κ1) is 16.7. The van der Waals surface area contributed by atoms with Crippen LogP contribution in [-0.4, -0.2) is 22.3 Å². The van der Waals surface area contributed by atoms with E-state index < -0.39 is 10.8 Å². The molecule has 6 nitrogen and oxygen atoms in total. The Morgan fingerprint density at radius 1 is 1.21 bits per heavy atom. The van der Waals surface area contributed by atoms with Gasteiger partial charge < -0.3 is 11.1 Å². The van der Waals surface area contributed by atoms with E-state index in [1.54, 1.807) is 6.07 Å². The van der Waals surface area contributed by atoms with E-state index in [0.29, 0.717) is 10.3 Å². The average Bonchev–Trinajstić information content (AvgIpc) is 3.09. The molecule has 0 unspecified atom stereocenters. The maximum absolute atomic E-state index is 12.3. The highest BCUT2D eigenvalue weighted by molar-refractivity contribution is 8.19. The van der Waals surface area contributed by atoms with Gasteiger partial charge in [-0.3, -0.25) is 14.9 Å². The average molecular weight is 361 g/mol. The Kier molecular flexibility index (Phi) is 4.96. The van der Waals surface area contributed by atoms with Gasteiger partial charge in [0.25, 0.3) is 11.6 Å². The third kappa shape index (κ3) is 3.65. The molecule has 3 N–H and O–H groups in total. The number of nitro groups is 1. The van der Waals surface area contributed by atoms with Crippen molar-refractivity contribution in [3.05, 3.63) is 63.7 Å². The first-order valence-electron chi connectivity index (χ1n) is 7.23. The third-order valence-electron chi connectivity index (χ3n) is 3.53. The summed E-state index contributed by atoms with van der Waals surface area (Å²) in [4.78, 5) is 22.7. The molecule has 8 heteroatoms. The molecule has 24 heavy (non-hydrogen) atoms. The number of nitrogen functional groups attached to an aromatic ring is 1. The molecule has 0 bridgehead atoms. The SMILES string of the molecule is Nc1ccc(C(=O)Nc2cccc(C3SCCS3)c2)cc1[N+](=O)[O-]. The maximum Gasteiger partial charge on any atom is 0.292 e. The molecule has 1 saturated heterocycles. The highest BCUT2D eigenvalue weighted by Crippen LogP contribution is 2.45. The van der Waals surface area contributed by atoms with Gasteiger partial charge >= 0.3 is 0 Å². The maximum atomic E-state index is 12.3. The fourth-order valence-electron chi connectivity index (χ4n) is 2.36. The van der Waals surface area contributed by atoms with Crippen molar-refractivity contribution in [3.8, 4) is 0 Å². The zero-order valence-electron chi connectivity index (χ0n) is 12.6. The smallest absolute Gasteiger partial charge is 0.292 e. The summed E-state index contributed by atoms with van der Waals surface area (Å²) < 4.78 is 0.388. The molecule has 3 rings (SSSR count). The second kappa shape index (κ2) is 7.14. The minimum atomic E-state index is -0.596. The highest BCUT2D eigenvalue weighted by atomic mass is 32.2. The van der Waals surface area contributed by atoms with Crippen molar-refractivity contribution >= 4 is 46.5 Å². The number of rotatable bonds is 4. The Balaban J connectivity index is 1.78. The van der Waals surface area contributed by atoms with Gasteiger partial charge in [-0.05, 0) is 29.8 Å². The Labute approximate surface area is 147 Å². The summed E-state index contributed by atoms with van der Waals surface area (Å²) in [6, 6.07) is 11.7. The molecule has 1 amide bonds. The van der Waals surface area contributed by atoms with Crippen molar-refractivity contribution in [1.82, 2.24) is 0 Å². The molecule has 1 fully saturated rings. The van der Waals surface area contributed by atoms with Crippen molar-refractivity contribution in [2.24, 2.45) is 0 Å². The van der Waals surface area contributed by atoms with Crippen LogP contribution >= 0.6 is 23.5 Å². The molecule has 0 atom stereocenters. The summed E-state index contributed by atoms with van der Waals surface area (Å²) in [5.74, 6) is 1.85. The number of hydrogen-bond acceptors (Lipinski definition) is 6. The van der Waals surface area contributed by atoms with Crippen molar-refractivity contribution in [2.75, 3.05) is 22.6 Å². The third-order valence-corrected chi connectivity index (χ3v) is 6.63. The first-order valence-corrected chi connectivity index (χ1v) is 9.33. The lowest BCUT2D eigenvalue weighted by Gasteiger charge is -2.11. The normalized spacial score (nSPS) is 14.5. The summed E-state index contributed by atoms with van der Waals surface area (Å²) >= 11 is 3.78. The molecule has 2 aromatic carbocycles. The summed E-state index contributed by atoms with van der Waals surface area (Å²) in [6.45, 7) is 0. The number of thioether (sulfide) groups is 2. The van der Waals surface area contributed by atoms with Crippen molar-refractivity contribution in [2.45, 2.75) is 4.58 Å². The van der Waals surface area contributed by atoms with Crippen molar-refractivity contribution in [1.29, 1.82) is 0 Å². The predicted octanol–water partition coefficient (Wildman–Crippen LogP) is 3.91. The molecular weight excluding hydrogens is 346 g/mol. The lowest BCUT2D eigenvalue weighted by molar-refractivity contribution is -0.383. The zero-order valence-corrected chi connectivity index (χ0v) is 14.2. The molecule has 2 aromatic rings. The van der Waals surface area contributed by atoms with E-state index in [2.05, 4.69) is 5.32 Å². The molecule has 124 valence electrons. The molecule has 1 heterocycles. The van der Waals surface area contributed by atoms with Crippen molar-refractivity contribution < 1.29 is 9.72 Å². The molecule has 0 radical (unpaired) electrons. The van der Waals surface area contributed by atoms with Crippen LogP contribution in [0.3, 0.4) is 0 Å². The Morgan fingerprint density at radius 3 is 2.67 bits per heavy atom. The highest BCUT2D eigenvalue weighted by Gasteiger charge is 2.19. The van der Waals surface area contributed by atoms with Gasteiger partial charge in [0, 0.05) is 28.8 Å². The molecular formula is C16H15N3O3S2. The van der Waals surface area contributed by atoms with Gasteiger partial charge in [0.2, 0.25) is 0 Å². The van der Waals surface area contributed by atoms with Crippen LogP contribution in [0, 0.1) is 10.1 Å². The minimum absolute atomic E-state index is 0.0360. The van der Waals surface area contributed by atoms with Gasteiger partial charge in [-0.2, -0.15) is 0 Å². The number of nitro benzene ring substituents is 1. The summed E-state index contributed by atoms with van der Waals surface area (Å²) in [6.07, 6.45) is 0. The molecule has 1 aliphatic heterocycles. The van der Waals surface area contributed by atoms with Crippen LogP contribution in [0.2, 0.25) is 0 Å². The van der Waals surface area contributed by atoms with Crippen LogP contribution in [-0.2, 0) is 0 Å². The Hall–Kier alpha value is -2.19. The lowest BCUT2D eigenvalue weighted by Crippen LogP contribution is -2.12. The van der Waals surface area contributed by atoms with Crippen LogP contribution < -0.4 is 11.1 Å². The molecule has 0 aliphatic carbocycles. The van der Waals surface area contributed by atoms with E-state index >= 15 is 0 Å². The Bertz CT molecular complexity index is 792.